The minimum absolute atomic E-state index is 0.176. The summed E-state index contributed by atoms with van der Waals surface area (Å²) in [4.78, 5) is 2.42. The second kappa shape index (κ2) is 5.58. The van der Waals surface area contributed by atoms with Gasteiger partial charge >= 0.3 is 0 Å². The average Bonchev–Trinajstić information content (AvgIpc) is 2.90. The summed E-state index contributed by atoms with van der Waals surface area (Å²) in [5.74, 6) is 3.94. The standard InChI is InChI=1S/C17H30N2O/c20-16(11-19-3-1-2-4-19)10-18-17-14-6-12-5-13(8-14)9-15(17)7-12/h12-18,20H,1-11H2. The van der Waals surface area contributed by atoms with Crippen LogP contribution in [0.5, 0.6) is 0 Å². The monoisotopic (exact) mass is 278 g/mol. The van der Waals surface area contributed by atoms with Crippen LogP contribution in [0.25, 0.3) is 0 Å². The summed E-state index contributed by atoms with van der Waals surface area (Å²) in [6.45, 7) is 4.06. The summed E-state index contributed by atoms with van der Waals surface area (Å²) in [7, 11) is 0. The third kappa shape index (κ3) is 2.65. The van der Waals surface area contributed by atoms with Crippen LogP contribution in [0.3, 0.4) is 0 Å². The molecular weight excluding hydrogens is 248 g/mol. The van der Waals surface area contributed by atoms with Crippen molar-refractivity contribution in [2.45, 2.75) is 57.1 Å². The lowest BCUT2D eigenvalue weighted by molar-refractivity contribution is -0.0182. The number of hydrogen-bond acceptors (Lipinski definition) is 3. The highest BCUT2D eigenvalue weighted by molar-refractivity contribution is 5.01. The van der Waals surface area contributed by atoms with Gasteiger partial charge in [-0.1, -0.05) is 0 Å². The molecule has 1 aliphatic heterocycles. The molecule has 0 amide bonds. The van der Waals surface area contributed by atoms with Crippen LogP contribution in [0.2, 0.25) is 0 Å². The molecule has 20 heavy (non-hydrogen) atoms. The number of hydrogen-bond donors (Lipinski definition) is 2. The van der Waals surface area contributed by atoms with Crippen molar-refractivity contribution < 1.29 is 5.11 Å². The van der Waals surface area contributed by atoms with Gasteiger partial charge in [0.2, 0.25) is 0 Å². The topological polar surface area (TPSA) is 35.5 Å². The van der Waals surface area contributed by atoms with E-state index in [1.807, 2.05) is 0 Å². The highest BCUT2D eigenvalue weighted by Crippen LogP contribution is 2.53. The van der Waals surface area contributed by atoms with E-state index in [0.717, 1.165) is 42.8 Å². The van der Waals surface area contributed by atoms with Gasteiger partial charge in [-0.05, 0) is 81.7 Å². The zero-order chi connectivity index (χ0) is 13.5. The van der Waals surface area contributed by atoms with Crippen molar-refractivity contribution in [1.29, 1.82) is 0 Å². The van der Waals surface area contributed by atoms with Crippen LogP contribution >= 0.6 is 0 Å². The first-order valence-corrected chi connectivity index (χ1v) is 8.91. The molecule has 5 fully saturated rings. The van der Waals surface area contributed by atoms with Gasteiger partial charge in [-0.25, -0.2) is 0 Å². The number of aliphatic hydroxyl groups is 1. The Labute approximate surface area is 123 Å². The Morgan fingerprint density at radius 2 is 1.55 bits per heavy atom. The molecule has 3 nitrogen and oxygen atoms in total. The van der Waals surface area contributed by atoms with Gasteiger partial charge in [0.15, 0.2) is 0 Å². The van der Waals surface area contributed by atoms with Crippen molar-refractivity contribution >= 4 is 0 Å². The van der Waals surface area contributed by atoms with Crippen molar-refractivity contribution in [2.24, 2.45) is 23.7 Å². The van der Waals surface area contributed by atoms with Gasteiger partial charge in [-0.3, -0.25) is 0 Å². The number of nitrogens with one attached hydrogen (secondary N) is 1. The van der Waals surface area contributed by atoms with E-state index < -0.39 is 0 Å². The van der Waals surface area contributed by atoms with Crippen LogP contribution in [-0.2, 0) is 0 Å². The number of nitrogens with zero attached hydrogens (tertiary/aromatic N) is 1. The first-order valence-electron chi connectivity index (χ1n) is 8.91. The summed E-state index contributed by atoms with van der Waals surface area (Å²) in [5, 5.41) is 14.0. The number of rotatable bonds is 5. The maximum atomic E-state index is 10.3. The highest BCUT2D eigenvalue weighted by atomic mass is 16.3. The Kier molecular flexibility index (Phi) is 3.78. The molecule has 5 rings (SSSR count). The van der Waals surface area contributed by atoms with Crippen molar-refractivity contribution in [2.75, 3.05) is 26.2 Å². The maximum absolute atomic E-state index is 10.3. The number of β-amino-alcohol motifs (C(OH)–C–C–N with tert-alkyl or cyclic N) is 1. The lowest BCUT2D eigenvalue weighted by Crippen LogP contribution is -2.56. The second-order valence-electron chi connectivity index (χ2n) is 8.03. The normalized spacial score (nSPS) is 45.1. The molecule has 1 atom stereocenters. The Morgan fingerprint density at radius 3 is 2.15 bits per heavy atom. The van der Waals surface area contributed by atoms with E-state index in [1.165, 1.54) is 58.0 Å². The summed E-state index contributed by atoms with van der Waals surface area (Å²) in [6, 6.07) is 0.719. The molecule has 0 radical (unpaired) electrons. The summed E-state index contributed by atoms with van der Waals surface area (Å²) in [5.41, 5.74) is 0. The van der Waals surface area contributed by atoms with Gasteiger partial charge in [0, 0.05) is 19.1 Å². The largest absolute Gasteiger partial charge is 0.390 e. The molecule has 1 unspecified atom stereocenters. The lowest BCUT2D eigenvalue weighted by atomic mass is 9.54. The SMILES string of the molecule is OC(CNC1C2CC3CC(C2)CC1C3)CN1CCCC1. The first-order chi connectivity index (χ1) is 9.78. The van der Waals surface area contributed by atoms with Gasteiger partial charge in [0.1, 0.15) is 0 Å². The fraction of sp³-hybridized carbons (Fsp3) is 1.00. The van der Waals surface area contributed by atoms with Gasteiger partial charge in [0.05, 0.1) is 6.10 Å². The molecule has 4 aliphatic carbocycles. The molecule has 1 heterocycles. The molecule has 0 aromatic rings. The van der Waals surface area contributed by atoms with Crippen molar-refractivity contribution in [3.63, 3.8) is 0 Å². The van der Waals surface area contributed by atoms with Crippen molar-refractivity contribution in [1.82, 2.24) is 10.2 Å². The van der Waals surface area contributed by atoms with E-state index in [-0.39, 0.29) is 6.10 Å². The molecule has 0 aromatic heterocycles. The van der Waals surface area contributed by atoms with E-state index in [2.05, 4.69) is 10.2 Å². The van der Waals surface area contributed by atoms with E-state index in [4.69, 9.17) is 0 Å². The molecule has 114 valence electrons. The smallest absolute Gasteiger partial charge is 0.0791 e. The van der Waals surface area contributed by atoms with Crippen LogP contribution in [0.1, 0.15) is 44.9 Å². The van der Waals surface area contributed by atoms with Gasteiger partial charge in [-0.2, -0.15) is 0 Å². The van der Waals surface area contributed by atoms with E-state index in [9.17, 15) is 5.11 Å². The maximum Gasteiger partial charge on any atom is 0.0791 e. The number of likely N-dealkylation sites (tertiary alicyclic amines) is 1. The van der Waals surface area contributed by atoms with Crippen LogP contribution in [0.15, 0.2) is 0 Å². The minimum atomic E-state index is -0.176. The second-order valence-corrected chi connectivity index (χ2v) is 8.03. The lowest BCUT2D eigenvalue weighted by Gasteiger charge is -2.54. The fourth-order valence-corrected chi connectivity index (χ4v) is 5.86. The van der Waals surface area contributed by atoms with Crippen LogP contribution in [-0.4, -0.2) is 48.3 Å². The third-order valence-corrected chi connectivity index (χ3v) is 6.48. The van der Waals surface area contributed by atoms with Crippen molar-refractivity contribution in [3.05, 3.63) is 0 Å². The van der Waals surface area contributed by atoms with Crippen LogP contribution in [0, 0.1) is 23.7 Å². The molecule has 4 bridgehead atoms. The Morgan fingerprint density at radius 1 is 0.950 bits per heavy atom. The molecular formula is C17H30N2O. The van der Waals surface area contributed by atoms with Crippen molar-refractivity contribution in [3.8, 4) is 0 Å². The van der Waals surface area contributed by atoms with E-state index in [1.54, 1.807) is 0 Å². The highest BCUT2D eigenvalue weighted by Gasteiger charge is 2.47. The Hall–Kier alpha value is -0.120. The molecule has 0 spiro atoms. The predicted octanol–water partition coefficient (Wildman–Crippen LogP) is 1.86. The third-order valence-electron chi connectivity index (χ3n) is 6.48. The summed E-state index contributed by atoms with van der Waals surface area (Å²) < 4.78 is 0. The van der Waals surface area contributed by atoms with Gasteiger partial charge < -0.3 is 15.3 Å². The molecule has 2 N–H and O–H groups in total. The summed E-state index contributed by atoms with van der Waals surface area (Å²) in [6.07, 6.45) is 9.84. The molecule has 0 aromatic carbocycles. The Bertz CT molecular complexity index is 312. The average molecular weight is 278 g/mol. The quantitative estimate of drug-likeness (QED) is 0.806. The first kappa shape index (κ1) is 13.5. The van der Waals surface area contributed by atoms with E-state index in [0.29, 0.717) is 0 Å². The van der Waals surface area contributed by atoms with Crippen LogP contribution in [0.4, 0.5) is 0 Å². The molecule has 3 heteroatoms. The minimum Gasteiger partial charge on any atom is -0.390 e. The predicted molar refractivity (Wildman–Crippen MR) is 80.5 cm³/mol. The zero-order valence-corrected chi connectivity index (χ0v) is 12.6. The molecule has 4 saturated carbocycles. The number of aliphatic hydroxyl groups excluding tert-OH is 1. The fourth-order valence-electron chi connectivity index (χ4n) is 5.86. The van der Waals surface area contributed by atoms with Gasteiger partial charge in [0.25, 0.3) is 0 Å². The molecule has 5 aliphatic rings. The van der Waals surface area contributed by atoms with E-state index >= 15 is 0 Å². The summed E-state index contributed by atoms with van der Waals surface area (Å²) >= 11 is 0. The zero-order valence-electron chi connectivity index (χ0n) is 12.6. The Balaban J connectivity index is 1.27. The van der Waals surface area contributed by atoms with Gasteiger partial charge in [-0.15, -0.1) is 0 Å². The molecule has 1 saturated heterocycles. The van der Waals surface area contributed by atoms with Crippen LogP contribution < -0.4 is 5.32 Å².